The second-order valence-corrected chi connectivity index (χ2v) is 7.37. The van der Waals surface area contributed by atoms with E-state index in [9.17, 15) is 8.42 Å². The van der Waals surface area contributed by atoms with Crippen LogP contribution in [0.25, 0.3) is 12.2 Å². The SMILES string of the molecule is Cc1ccc(S(=O)(=O)NCc2conc2/C=C/c2ccccc2)cc1. The van der Waals surface area contributed by atoms with Gasteiger partial charge >= 0.3 is 0 Å². The minimum absolute atomic E-state index is 0.105. The fraction of sp³-hybridized carbons (Fsp3) is 0.105. The Labute approximate surface area is 147 Å². The Morgan fingerprint density at radius 2 is 1.76 bits per heavy atom. The largest absolute Gasteiger partial charge is 0.364 e. The zero-order valence-electron chi connectivity index (χ0n) is 13.7. The normalized spacial score (nSPS) is 11.9. The van der Waals surface area contributed by atoms with E-state index in [1.807, 2.05) is 43.3 Å². The van der Waals surface area contributed by atoms with Crippen molar-refractivity contribution in [2.24, 2.45) is 0 Å². The van der Waals surface area contributed by atoms with Crippen LogP contribution in [0.15, 0.2) is 70.3 Å². The third-order valence-electron chi connectivity index (χ3n) is 3.69. The molecule has 3 aromatic rings. The molecule has 0 saturated heterocycles. The van der Waals surface area contributed by atoms with Crippen molar-refractivity contribution in [3.8, 4) is 0 Å². The quantitative estimate of drug-likeness (QED) is 0.734. The van der Waals surface area contributed by atoms with Crippen LogP contribution in [0.5, 0.6) is 0 Å². The van der Waals surface area contributed by atoms with E-state index in [2.05, 4.69) is 9.88 Å². The van der Waals surface area contributed by atoms with Gasteiger partial charge in [0.25, 0.3) is 0 Å². The number of sulfonamides is 1. The van der Waals surface area contributed by atoms with Crippen LogP contribution in [-0.2, 0) is 16.6 Å². The summed E-state index contributed by atoms with van der Waals surface area (Å²) in [4.78, 5) is 0.232. The smallest absolute Gasteiger partial charge is 0.240 e. The van der Waals surface area contributed by atoms with Crippen molar-refractivity contribution in [1.82, 2.24) is 9.88 Å². The Morgan fingerprint density at radius 3 is 2.48 bits per heavy atom. The zero-order chi connectivity index (χ0) is 17.7. The summed E-state index contributed by atoms with van der Waals surface area (Å²) in [5, 5.41) is 3.92. The van der Waals surface area contributed by atoms with Gasteiger partial charge in [-0.3, -0.25) is 0 Å². The molecule has 0 aliphatic carbocycles. The molecule has 0 fully saturated rings. The minimum Gasteiger partial charge on any atom is -0.364 e. The summed E-state index contributed by atoms with van der Waals surface area (Å²) in [6.45, 7) is 2.01. The molecular weight excluding hydrogens is 336 g/mol. The van der Waals surface area contributed by atoms with Crippen molar-refractivity contribution in [3.63, 3.8) is 0 Å². The average Bonchev–Trinajstić information content (AvgIpc) is 3.07. The summed E-state index contributed by atoms with van der Waals surface area (Å²) >= 11 is 0. The van der Waals surface area contributed by atoms with Crippen molar-refractivity contribution in [2.75, 3.05) is 0 Å². The Morgan fingerprint density at radius 1 is 1.04 bits per heavy atom. The lowest BCUT2D eigenvalue weighted by molar-refractivity contribution is 0.417. The Kier molecular flexibility index (Phi) is 5.11. The summed E-state index contributed by atoms with van der Waals surface area (Å²) < 4.78 is 32.3. The van der Waals surface area contributed by atoms with Gasteiger partial charge in [-0.2, -0.15) is 0 Å². The van der Waals surface area contributed by atoms with Gasteiger partial charge in [-0.05, 0) is 30.7 Å². The lowest BCUT2D eigenvalue weighted by Crippen LogP contribution is -2.23. The van der Waals surface area contributed by atoms with Crippen LogP contribution in [0.3, 0.4) is 0 Å². The van der Waals surface area contributed by atoms with Crippen molar-refractivity contribution in [1.29, 1.82) is 0 Å². The lowest BCUT2D eigenvalue weighted by Gasteiger charge is -2.06. The number of nitrogens with one attached hydrogen (secondary N) is 1. The van der Waals surface area contributed by atoms with Gasteiger partial charge in [0.15, 0.2) is 0 Å². The number of nitrogens with zero attached hydrogens (tertiary/aromatic N) is 1. The maximum Gasteiger partial charge on any atom is 0.240 e. The van der Waals surface area contributed by atoms with Gasteiger partial charge in [0.05, 0.1) is 4.90 Å². The molecule has 0 unspecified atom stereocenters. The number of benzene rings is 2. The topological polar surface area (TPSA) is 72.2 Å². The molecule has 0 amide bonds. The molecule has 1 heterocycles. The number of hydrogen-bond donors (Lipinski definition) is 1. The van der Waals surface area contributed by atoms with Gasteiger partial charge in [-0.1, -0.05) is 59.3 Å². The highest BCUT2D eigenvalue weighted by Crippen LogP contribution is 2.14. The van der Waals surface area contributed by atoms with Crippen LogP contribution in [-0.4, -0.2) is 13.6 Å². The maximum absolute atomic E-state index is 12.3. The molecule has 0 aliphatic heterocycles. The fourth-order valence-corrected chi connectivity index (χ4v) is 3.25. The highest BCUT2D eigenvalue weighted by molar-refractivity contribution is 7.89. The van der Waals surface area contributed by atoms with E-state index in [1.54, 1.807) is 30.3 Å². The van der Waals surface area contributed by atoms with Gasteiger partial charge in [0, 0.05) is 12.1 Å². The summed E-state index contributed by atoms with van der Waals surface area (Å²) in [6.07, 6.45) is 5.15. The van der Waals surface area contributed by atoms with E-state index in [4.69, 9.17) is 4.52 Å². The van der Waals surface area contributed by atoms with Crippen LogP contribution < -0.4 is 4.72 Å². The Bertz CT molecular complexity index is 959. The molecule has 0 atom stereocenters. The zero-order valence-corrected chi connectivity index (χ0v) is 14.5. The molecule has 0 saturated carbocycles. The van der Waals surface area contributed by atoms with Gasteiger partial charge in [-0.25, -0.2) is 13.1 Å². The highest BCUT2D eigenvalue weighted by atomic mass is 32.2. The van der Waals surface area contributed by atoms with Crippen LogP contribution in [0, 0.1) is 6.92 Å². The molecule has 3 rings (SSSR count). The molecule has 1 aromatic heterocycles. The van der Waals surface area contributed by atoms with Crippen LogP contribution in [0.4, 0.5) is 0 Å². The molecule has 0 spiro atoms. The molecule has 25 heavy (non-hydrogen) atoms. The van der Waals surface area contributed by atoms with Crippen LogP contribution >= 0.6 is 0 Å². The Balaban J connectivity index is 1.71. The van der Waals surface area contributed by atoms with Crippen molar-refractivity contribution >= 4 is 22.2 Å². The molecule has 128 valence electrons. The molecule has 6 heteroatoms. The molecule has 0 radical (unpaired) electrons. The van der Waals surface area contributed by atoms with E-state index in [1.165, 1.54) is 6.26 Å². The van der Waals surface area contributed by atoms with Crippen LogP contribution in [0.2, 0.25) is 0 Å². The number of aromatic nitrogens is 1. The first kappa shape index (κ1) is 17.1. The average molecular weight is 354 g/mol. The van der Waals surface area contributed by atoms with Gasteiger partial charge < -0.3 is 4.52 Å². The summed E-state index contributed by atoms with van der Waals surface area (Å²) in [6, 6.07) is 16.5. The van der Waals surface area contributed by atoms with E-state index < -0.39 is 10.0 Å². The summed E-state index contributed by atoms with van der Waals surface area (Å²) in [5.41, 5.74) is 3.29. The van der Waals surface area contributed by atoms with E-state index in [-0.39, 0.29) is 11.4 Å². The second kappa shape index (κ2) is 7.46. The van der Waals surface area contributed by atoms with Crippen LogP contribution in [0.1, 0.15) is 22.4 Å². The van der Waals surface area contributed by atoms with Crippen molar-refractivity contribution in [3.05, 3.63) is 83.2 Å². The first-order chi connectivity index (χ1) is 12.0. The Hall–Kier alpha value is -2.70. The third-order valence-corrected chi connectivity index (χ3v) is 5.11. The first-order valence-electron chi connectivity index (χ1n) is 7.77. The van der Waals surface area contributed by atoms with Gasteiger partial charge in [-0.15, -0.1) is 0 Å². The van der Waals surface area contributed by atoms with E-state index in [0.717, 1.165) is 11.1 Å². The number of rotatable bonds is 6. The maximum atomic E-state index is 12.3. The van der Waals surface area contributed by atoms with Crippen molar-refractivity contribution in [2.45, 2.75) is 18.4 Å². The summed E-state index contributed by atoms with van der Waals surface area (Å²) in [5.74, 6) is 0. The molecule has 1 N–H and O–H groups in total. The molecule has 0 bridgehead atoms. The summed E-state index contributed by atoms with van der Waals surface area (Å²) in [7, 11) is -3.58. The molecular formula is C19H18N2O3S. The molecule has 5 nitrogen and oxygen atoms in total. The lowest BCUT2D eigenvalue weighted by atomic mass is 10.2. The number of aryl methyl sites for hydroxylation is 1. The predicted molar refractivity (Wildman–Crippen MR) is 97.1 cm³/mol. The standard InChI is InChI=1S/C19H18N2O3S/c1-15-7-10-18(11-8-15)25(22,23)20-13-17-14-24-21-19(17)12-9-16-5-3-2-4-6-16/h2-12,14,20H,13H2,1H3/b12-9+. The number of hydrogen-bond acceptors (Lipinski definition) is 4. The fourth-order valence-electron chi connectivity index (χ4n) is 2.25. The molecule has 0 aliphatic rings. The van der Waals surface area contributed by atoms with E-state index >= 15 is 0 Å². The second-order valence-electron chi connectivity index (χ2n) is 5.61. The monoisotopic (exact) mass is 354 g/mol. The van der Waals surface area contributed by atoms with Gasteiger partial charge in [0.2, 0.25) is 10.0 Å². The van der Waals surface area contributed by atoms with E-state index in [0.29, 0.717) is 11.3 Å². The van der Waals surface area contributed by atoms with Crippen molar-refractivity contribution < 1.29 is 12.9 Å². The third kappa shape index (κ3) is 4.43. The molecule has 2 aromatic carbocycles. The predicted octanol–water partition coefficient (Wildman–Crippen LogP) is 3.63. The first-order valence-corrected chi connectivity index (χ1v) is 9.26. The minimum atomic E-state index is -3.58. The highest BCUT2D eigenvalue weighted by Gasteiger charge is 2.15. The van der Waals surface area contributed by atoms with Gasteiger partial charge in [0.1, 0.15) is 12.0 Å².